The molecule has 0 fully saturated rings. The van der Waals surface area contributed by atoms with Gasteiger partial charge in [0.15, 0.2) is 0 Å². The lowest BCUT2D eigenvalue weighted by atomic mass is 9.96. The van der Waals surface area contributed by atoms with Crippen LogP contribution in [0.2, 0.25) is 5.02 Å². The van der Waals surface area contributed by atoms with Crippen LogP contribution >= 0.6 is 11.6 Å². The third kappa shape index (κ3) is 2.37. The van der Waals surface area contributed by atoms with Crippen LogP contribution in [0.3, 0.4) is 0 Å². The SMILES string of the molecule is CC(C)c1c(F)cc(-c2ccc(Cl)c3nn(C)cc23)cc1F. The minimum atomic E-state index is -0.531. The Bertz CT molecular complexity index is 845. The summed E-state index contributed by atoms with van der Waals surface area (Å²) >= 11 is 6.14. The summed E-state index contributed by atoms with van der Waals surface area (Å²) < 4.78 is 30.1. The lowest BCUT2D eigenvalue weighted by Crippen LogP contribution is -1.99. The molecule has 0 atom stereocenters. The van der Waals surface area contributed by atoms with Gasteiger partial charge in [0.25, 0.3) is 0 Å². The standard InChI is InChI=1S/C17H15ClF2N2/c1-9(2)16-14(19)6-10(7-15(16)20)11-4-5-13(18)17-12(11)8-22(3)21-17/h4-9H,1-3H3. The van der Waals surface area contributed by atoms with Gasteiger partial charge >= 0.3 is 0 Å². The third-order valence-electron chi connectivity index (χ3n) is 3.71. The van der Waals surface area contributed by atoms with Crippen LogP contribution in [-0.2, 0) is 7.05 Å². The molecule has 1 heterocycles. The highest BCUT2D eigenvalue weighted by molar-refractivity contribution is 6.35. The van der Waals surface area contributed by atoms with E-state index in [1.807, 2.05) is 0 Å². The summed E-state index contributed by atoms with van der Waals surface area (Å²) in [6, 6.07) is 6.19. The number of hydrogen-bond donors (Lipinski definition) is 0. The summed E-state index contributed by atoms with van der Waals surface area (Å²) in [5.41, 5.74) is 1.92. The molecule has 0 unspecified atom stereocenters. The normalized spacial score (nSPS) is 11.6. The molecule has 3 aromatic rings. The second-order valence-corrected chi connectivity index (χ2v) is 6.08. The van der Waals surface area contributed by atoms with Crippen molar-refractivity contribution in [1.29, 1.82) is 0 Å². The predicted octanol–water partition coefficient (Wildman–Crippen LogP) is 5.30. The molecule has 0 aliphatic heterocycles. The molecule has 0 aliphatic carbocycles. The van der Waals surface area contributed by atoms with E-state index in [0.717, 1.165) is 5.39 Å². The first kappa shape index (κ1) is 15.0. The Kier molecular flexibility index (Phi) is 3.65. The zero-order valence-corrected chi connectivity index (χ0v) is 13.2. The highest BCUT2D eigenvalue weighted by Crippen LogP contribution is 2.34. The van der Waals surface area contributed by atoms with Gasteiger partial charge in [-0.3, -0.25) is 4.68 Å². The van der Waals surface area contributed by atoms with Gasteiger partial charge in [-0.25, -0.2) is 8.78 Å². The van der Waals surface area contributed by atoms with Crippen LogP contribution in [0.1, 0.15) is 25.3 Å². The van der Waals surface area contributed by atoms with E-state index in [2.05, 4.69) is 5.10 Å². The van der Waals surface area contributed by atoms with Crippen molar-refractivity contribution in [2.75, 3.05) is 0 Å². The van der Waals surface area contributed by atoms with Crippen LogP contribution in [0.25, 0.3) is 22.0 Å². The number of rotatable bonds is 2. The van der Waals surface area contributed by atoms with Gasteiger partial charge in [-0.15, -0.1) is 0 Å². The molecule has 2 nitrogen and oxygen atoms in total. The fraction of sp³-hybridized carbons (Fsp3) is 0.235. The Morgan fingerprint density at radius 1 is 1.14 bits per heavy atom. The van der Waals surface area contributed by atoms with E-state index in [4.69, 9.17) is 11.6 Å². The minimum Gasteiger partial charge on any atom is -0.275 e. The topological polar surface area (TPSA) is 17.8 Å². The van der Waals surface area contributed by atoms with Crippen molar-refractivity contribution in [2.45, 2.75) is 19.8 Å². The Balaban J connectivity index is 2.26. The Morgan fingerprint density at radius 3 is 2.36 bits per heavy atom. The molecule has 0 aliphatic rings. The monoisotopic (exact) mass is 320 g/mol. The highest BCUT2D eigenvalue weighted by Gasteiger charge is 2.17. The molecule has 114 valence electrons. The van der Waals surface area contributed by atoms with Gasteiger partial charge in [0.2, 0.25) is 0 Å². The van der Waals surface area contributed by atoms with Crippen LogP contribution in [0.15, 0.2) is 30.5 Å². The molecule has 0 saturated heterocycles. The summed E-state index contributed by atoms with van der Waals surface area (Å²) in [7, 11) is 1.78. The first-order chi connectivity index (χ1) is 10.4. The smallest absolute Gasteiger partial charge is 0.130 e. The van der Waals surface area contributed by atoms with Gasteiger partial charge in [0.05, 0.1) is 5.02 Å². The fourth-order valence-electron chi connectivity index (χ4n) is 2.73. The molecule has 1 aromatic heterocycles. The van der Waals surface area contributed by atoms with E-state index >= 15 is 0 Å². The van der Waals surface area contributed by atoms with Gasteiger partial charge in [0.1, 0.15) is 17.2 Å². The molecule has 5 heteroatoms. The number of aromatic nitrogens is 2. The number of nitrogens with zero attached hydrogens (tertiary/aromatic N) is 2. The summed E-state index contributed by atoms with van der Waals surface area (Å²) in [6.45, 7) is 3.53. The number of fused-ring (bicyclic) bond motifs is 1. The molecule has 0 bridgehead atoms. The average Bonchev–Trinajstić information content (AvgIpc) is 2.80. The zero-order valence-electron chi connectivity index (χ0n) is 12.5. The minimum absolute atomic E-state index is 0.111. The largest absolute Gasteiger partial charge is 0.275 e. The van der Waals surface area contributed by atoms with Gasteiger partial charge < -0.3 is 0 Å². The van der Waals surface area contributed by atoms with Crippen LogP contribution in [0.4, 0.5) is 8.78 Å². The van der Waals surface area contributed by atoms with Gasteiger partial charge in [-0.1, -0.05) is 31.5 Å². The molecule has 0 amide bonds. The van der Waals surface area contributed by atoms with Crippen molar-refractivity contribution in [3.05, 3.63) is 52.7 Å². The van der Waals surface area contributed by atoms with Crippen molar-refractivity contribution in [2.24, 2.45) is 7.05 Å². The molecule has 2 aromatic carbocycles. The van der Waals surface area contributed by atoms with Crippen LogP contribution < -0.4 is 0 Å². The van der Waals surface area contributed by atoms with Crippen LogP contribution in [0, 0.1) is 11.6 Å². The predicted molar refractivity (Wildman–Crippen MR) is 85.2 cm³/mol. The van der Waals surface area contributed by atoms with Gasteiger partial charge in [0, 0.05) is 24.2 Å². The number of halogens is 3. The van der Waals surface area contributed by atoms with Crippen LogP contribution in [0.5, 0.6) is 0 Å². The van der Waals surface area contributed by atoms with Crippen molar-refractivity contribution in [1.82, 2.24) is 9.78 Å². The van der Waals surface area contributed by atoms with E-state index in [-0.39, 0.29) is 11.5 Å². The maximum Gasteiger partial charge on any atom is 0.130 e. The molecule has 0 N–H and O–H groups in total. The van der Waals surface area contributed by atoms with E-state index in [0.29, 0.717) is 21.7 Å². The van der Waals surface area contributed by atoms with E-state index in [1.165, 1.54) is 12.1 Å². The molecular formula is C17H15ClF2N2. The van der Waals surface area contributed by atoms with E-state index in [9.17, 15) is 8.78 Å². The molecule has 0 radical (unpaired) electrons. The van der Waals surface area contributed by atoms with Crippen molar-refractivity contribution < 1.29 is 8.78 Å². The average molecular weight is 321 g/mol. The Labute approximate surface area is 132 Å². The number of benzene rings is 2. The molecule has 0 spiro atoms. The molecular weight excluding hydrogens is 306 g/mol. The van der Waals surface area contributed by atoms with E-state index < -0.39 is 11.6 Å². The lowest BCUT2D eigenvalue weighted by molar-refractivity contribution is 0.542. The fourth-order valence-corrected chi connectivity index (χ4v) is 2.93. The molecule has 22 heavy (non-hydrogen) atoms. The van der Waals surface area contributed by atoms with Crippen molar-refractivity contribution in [3.8, 4) is 11.1 Å². The first-order valence-corrected chi connectivity index (χ1v) is 7.37. The summed E-state index contributed by atoms with van der Waals surface area (Å²) in [5.74, 6) is -1.27. The maximum atomic E-state index is 14.2. The number of aryl methyl sites for hydroxylation is 1. The summed E-state index contributed by atoms with van der Waals surface area (Å²) in [6.07, 6.45) is 1.79. The Morgan fingerprint density at radius 2 is 1.77 bits per heavy atom. The van der Waals surface area contributed by atoms with E-state index in [1.54, 1.807) is 43.9 Å². The molecule has 0 saturated carbocycles. The van der Waals surface area contributed by atoms with Crippen molar-refractivity contribution in [3.63, 3.8) is 0 Å². The third-order valence-corrected chi connectivity index (χ3v) is 4.01. The first-order valence-electron chi connectivity index (χ1n) is 6.99. The molecule has 3 rings (SSSR count). The van der Waals surface area contributed by atoms with Crippen LogP contribution in [-0.4, -0.2) is 9.78 Å². The van der Waals surface area contributed by atoms with Gasteiger partial charge in [-0.2, -0.15) is 5.10 Å². The zero-order chi connectivity index (χ0) is 16.0. The second kappa shape index (κ2) is 5.36. The van der Waals surface area contributed by atoms with Gasteiger partial charge in [-0.05, 0) is 35.2 Å². The Hall–Kier alpha value is -1.94. The number of hydrogen-bond acceptors (Lipinski definition) is 1. The quantitative estimate of drug-likeness (QED) is 0.627. The summed E-state index contributed by atoms with van der Waals surface area (Å²) in [5, 5.41) is 5.57. The highest BCUT2D eigenvalue weighted by atomic mass is 35.5. The summed E-state index contributed by atoms with van der Waals surface area (Å²) in [4.78, 5) is 0. The second-order valence-electron chi connectivity index (χ2n) is 5.67. The van der Waals surface area contributed by atoms with Crippen molar-refractivity contribution >= 4 is 22.5 Å². The maximum absolute atomic E-state index is 14.2. The lowest BCUT2D eigenvalue weighted by Gasteiger charge is -2.11.